The zero-order valence-electron chi connectivity index (χ0n) is 13.8. The Kier molecular flexibility index (Phi) is 5.21. The van der Waals surface area contributed by atoms with Gasteiger partial charge in [0, 0.05) is 5.39 Å². The van der Waals surface area contributed by atoms with Crippen LogP contribution in [0.25, 0.3) is 22.6 Å². The van der Waals surface area contributed by atoms with Crippen molar-refractivity contribution in [2.75, 3.05) is 0 Å². The summed E-state index contributed by atoms with van der Waals surface area (Å²) < 4.78 is 28.7. The third-order valence-corrected chi connectivity index (χ3v) is 3.73. The number of benzene rings is 2. The third kappa shape index (κ3) is 4.33. The van der Waals surface area contributed by atoms with Crippen molar-refractivity contribution in [2.45, 2.75) is 6.61 Å². The van der Waals surface area contributed by atoms with Crippen molar-refractivity contribution in [1.82, 2.24) is 4.98 Å². The highest BCUT2D eigenvalue weighted by Gasteiger charge is 2.21. The van der Waals surface area contributed by atoms with E-state index in [1.807, 2.05) is 12.1 Å². The maximum absolute atomic E-state index is 12.2. The number of hydrogen-bond acceptors (Lipinski definition) is 4. The number of aromatic nitrogens is 1. The maximum atomic E-state index is 12.2. The number of ketones is 1. The predicted octanol–water partition coefficient (Wildman–Crippen LogP) is 4.03. The summed E-state index contributed by atoms with van der Waals surface area (Å²) in [6, 6.07) is 16.0. The minimum atomic E-state index is -2.95. The normalized spacial score (nSPS) is 11.6. The van der Waals surface area contributed by atoms with Gasteiger partial charge in [-0.2, -0.15) is 8.78 Å². The van der Waals surface area contributed by atoms with Gasteiger partial charge in [0.25, 0.3) is 5.78 Å². The number of aliphatic carboxylic acids is 1. The van der Waals surface area contributed by atoms with Crippen LogP contribution in [0.5, 0.6) is 5.75 Å². The molecule has 0 aliphatic carbocycles. The molecule has 7 heteroatoms. The second kappa shape index (κ2) is 7.74. The number of carbonyl (C=O) groups is 2. The van der Waals surface area contributed by atoms with Crippen LogP contribution in [-0.4, -0.2) is 28.5 Å². The molecule has 0 saturated carbocycles. The van der Waals surface area contributed by atoms with Crippen molar-refractivity contribution in [3.63, 3.8) is 0 Å². The van der Waals surface area contributed by atoms with Gasteiger partial charge in [0.05, 0.1) is 16.8 Å². The second-order valence-corrected chi connectivity index (χ2v) is 5.53. The van der Waals surface area contributed by atoms with E-state index in [1.165, 1.54) is 30.3 Å². The average Bonchev–Trinajstić information content (AvgIpc) is 2.66. The van der Waals surface area contributed by atoms with Crippen LogP contribution in [0.2, 0.25) is 0 Å². The molecule has 1 heterocycles. The Labute approximate surface area is 152 Å². The van der Waals surface area contributed by atoms with Gasteiger partial charge in [-0.05, 0) is 35.9 Å². The van der Waals surface area contributed by atoms with E-state index in [9.17, 15) is 18.4 Å². The van der Waals surface area contributed by atoms with Gasteiger partial charge < -0.3 is 9.84 Å². The lowest BCUT2D eigenvalue weighted by Crippen LogP contribution is -2.15. The number of carbonyl (C=O) groups excluding carboxylic acids is 1. The molecule has 0 radical (unpaired) electrons. The number of fused-ring (bicyclic) bond motifs is 1. The fourth-order valence-electron chi connectivity index (χ4n) is 2.50. The summed E-state index contributed by atoms with van der Waals surface area (Å²) in [4.78, 5) is 27.7. The summed E-state index contributed by atoms with van der Waals surface area (Å²) in [6.45, 7) is -2.95. The number of ether oxygens (including phenoxy) is 1. The molecular weight excluding hydrogens is 356 g/mol. The minimum absolute atomic E-state index is 0.0444. The molecule has 0 saturated heterocycles. The highest BCUT2D eigenvalue weighted by Crippen LogP contribution is 2.23. The molecule has 3 aromatic rings. The second-order valence-electron chi connectivity index (χ2n) is 5.53. The summed E-state index contributed by atoms with van der Waals surface area (Å²) >= 11 is 0. The van der Waals surface area contributed by atoms with E-state index in [2.05, 4.69) is 9.72 Å². The Morgan fingerprint density at radius 3 is 2.37 bits per heavy atom. The van der Waals surface area contributed by atoms with Crippen molar-refractivity contribution >= 4 is 34.3 Å². The quantitative estimate of drug-likeness (QED) is 0.524. The van der Waals surface area contributed by atoms with Gasteiger partial charge in [-0.25, -0.2) is 9.78 Å². The largest absolute Gasteiger partial charge is 0.475 e. The topological polar surface area (TPSA) is 76.5 Å². The number of nitrogens with zero attached hydrogens (tertiary/aromatic N) is 1. The molecule has 0 spiro atoms. The predicted molar refractivity (Wildman–Crippen MR) is 95.3 cm³/mol. The Morgan fingerprint density at radius 1 is 1.00 bits per heavy atom. The molecule has 3 rings (SSSR count). The molecule has 0 amide bonds. The van der Waals surface area contributed by atoms with E-state index in [1.54, 1.807) is 24.3 Å². The van der Waals surface area contributed by atoms with Gasteiger partial charge in [-0.3, -0.25) is 4.79 Å². The average molecular weight is 369 g/mol. The molecule has 1 N–H and O–H groups in total. The van der Waals surface area contributed by atoms with E-state index in [0.29, 0.717) is 11.1 Å². The van der Waals surface area contributed by atoms with Gasteiger partial charge in [0.2, 0.25) is 0 Å². The Morgan fingerprint density at radius 2 is 1.70 bits per heavy atom. The number of alkyl halides is 2. The number of hydrogen-bond donors (Lipinski definition) is 1. The standard InChI is InChI=1S/C20H13F2NO4/c21-20(22)27-14-8-5-12(6-9-14)11-15(18(24)19(25)26)17-10-7-13-3-1-2-4-16(13)23-17/h1-11,20H,(H,25,26)/b15-11+. The minimum Gasteiger partial charge on any atom is -0.475 e. The lowest BCUT2D eigenvalue weighted by molar-refractivity contribution is -0.146. The summed E-state index contributed by atoms with van der Waals surface area (Å²) in [5.74, 6) is -2.78. The van der Waals surface area contributed by atoms with Crippen LogP contribution >= 0.6 is 0 Å². The zero-order valence-corrected chi connectivity index (χ0v) is 13.8. The Bertz CT molecular complexity index is 1030. The van der Waals surface area contributed by atoms with Crippen molar-refractivity contribution in [2.24, 2.45) is 0 Å². The van der Waals surface area contributed by atoms with Crippen molar-refractivity contribution in [3.05, 3.63) is 71.9 Å². The molecule has 0 unspecified atom stereocenters. The fraction of sp³-hybridized carbons (Fsp3) is 0.0500. The van der Waals surface area contributed by atoms with Gasteiger partial charge >= 0.3 is 12.6 Å². The zero-order chi connectivity index (χ0) is 19.4. The van der Waals surface area contributed by atoms with Crippen LogP contribution in [0, 0.1) is 0 Å². The Balaban J connectivity index is 2.03. The van der Waals surface area contributed by atoms with E-state index in [0.717, 1.165) is 5.39 Å². The first-order valence-electron chi connectivity index (χ1n) is 7.84. The molecule has 1 aromatic heterocycles. The van der Waals surface area contributed by atoms with Crippen molar-refractivity contribution in [3.8, 4) is 5.75 Å². The Hall–Kier alpha value is -3.61. The summed E-state index contributed by atoms with van der Waals surface area (Å²) in [5.41, 5.74) is 1.14. The molecular formula is C20H13F2NO4. The van der Waals surface area contributed by atoms with Gasteiger partial charge in [0.15, 0.2) is 0 Å². The number of carboxylic acids is 1. The molecule has 2 aromatic carbocycles. The molecule has 0 aliphatic heterocycles. The molecule has 0 atom stereocenters. The van der Waals surface area contributed by atoms with Crippen LogP contribution in [0.1, 0.15) is 11.3 Å². The molecule has 0 bridgehead atoms. The lowest BCUT2D eigenvalue weighted by Gasteiger charge is -2.07. The number of pyridine rings is 1. The first-order chi connectivity index (χ1) is 12.9. The number of halogens is 2. The SMILES string of the molecule is O=C(O)C(=O)/C(=C/c1ccc(OC(F)F)cc1)c1ccc2ccccc2n1. The van der Waals surface area contributed by atoms with Crippen LogP contribution in [0.4, 0.5) is 8.78 Å². The molecule has 5 nitrogen and oxygen atoms in total. The maximum Gasteiger partial charge on any atom is 0.387 e. The number of para-hydroxylation sites is 1. The third-order valence-electron chi connectivity index (χ3n) is 3.73. The van der Waals surface area contributed by atoms with Crippen LogP contribution in [0.3, 0.4) is 0 Å². The van der Waals surface area contributed by atoms with Crippen LogP contribution in [0.15, 0.2) is 60.7 Å². The van der Waals surface area contributed by atoms with E-state index in [4.69, 9.17) is 5.11 Å². The number of rotatable bonds is 6. The smallest absolute Gasteiger partial charge is 0.387 e. The lowest BCUT2D eigenvalue weighted by atomic mass is 10.0. The molecule has 27 heavy (non-hydrogen) atoms. The van der Waals surface area contributed by atoms with Crippen LogP contribution in [-0.2, 0) is 9.59 Å². The summed E-state index contributed by atoms with van der Waals surface area (Å²) in [6.07, 6.45) is 1.35. The van der Waals surface area contributed by atoms with Crippen LogP contribution < -0.4 is 4.74 Å². The first kappa shape index (κ1) is 18.2. The van der Waals surface area contributed by atoms with E-state index < -0.39 is 18.4 Å². The van der Waals surface area contributed by atoms with E-state index >= 15 is 0 Å². The molecule has 0 fully saturated rings. The molecule has 0 aliphatic rings. The summed E-state index contributed by atoms with van der Waals surface area (Å²) in [5, 5.41) is 9.97. The fourth-order valence-corrected chi connectivity index (χ4v) is 2.50. The van der Waals surface area contributed by atoms with E-state index in [-0.39, 0.29) is 17.0 Å². The van der Waals surface area contributed by atoms with Gasteiger partial charge in [-0.15, -0.1) is 0 Å². The van der Waals surface area contributed by atoms with Crippen molar-refractivity contribution in [1.29, 1.82) is 0 Å². The first-order valence-corrected chi connectivity index (χ1v) is 7.84. The molecule has 136 valence electrons. The van der Waals surface area contributed by atoms with Gasteiger partial charge in [0.1, 0.15) is 5.75 Å². The highest BCUT2D eigenvalue weighted by molar-refractivity contribution is 6.52. The van der Waals surface area contributed by atoms with Crippen molar-refractivity contribution < 1.29 is 28.2 Å². The van der Waals surface area contributed by atoms with Gasteiger partial charge in [-0.1, -0.05) is 36.4 Å². The number of Topliss-reactive ketones (excluding diaryl/α,β-unsaturated/α-hetero) is 1. The highest BCUT2D eigenvalue weighted by atomic mass is 19.3. The monoisotopic (exact) mass is 369 g/mol. The summed E-state index contributed by atoms with van der Waals surface area (Å²) in [7, 11) is 0. The number of carboxylic acid groups (broad SMARTS) is 1.